The van der Waals surface area contributed by atoms with Crippen LogP contribution in [0.4, 0.5) is 0 Å². The minimum Gasteiger partial charge on any atom is -0.464 e. The van der Waals surface area contributed by atoms with Crippen LogP contribution in [0.3, 0.4) is 0 Å². The van der Waals surface area contributed by atoms with E-state index in [-0.39, 0.29) is 0 Å². The van der Waals surface area contributed by atoms with Gasteiger partial charge < -0.3 is 4.74 Å². The molecule has 0 bridgehead atoms. The third-order valence-corrected chi connectivity index (χ3v) is 5.54. The molecular formula is C27H33NO2. The second kappa shape index (κ2) is 12.6. The first kappa shape index (κ1) is 23.4. The molecule has 30 heavy (non-hydrogen) atoms. The Bertz CT molecular complexity index is 808. The van der Waals surface area contributed by atoms with E-state index < -0.39 is 11.9 Å². The predicted molar refractivity (Wildman–Crippen MR) is 123 cm³/mol. The molecule has 0 fully saturated rings. The molecule has 0 saturated carbocycles. The summed E-state index contributed by atoms with van der Waals surface area (Å²) in [5.74, 6) is -0.993. The Labute approximate surface area is 181 Å². The summed E-state index contributed by atoms with van der Waals surface area (Å²) in [5.41, 5.74) is 3.76. The Morgan fingerprint density at radius 2 is 1.53 bits per heavy atom. The second-order valence-electron chi connectivity index (χ2n) is 7.59. The van der Waals surface area contributed by atoms with Gasteiger partial charge in [0.2, 0.25) is 0 Å². The summed E-state index contributed by atoms with van der Waals surface area (Å²) in [6.45, 7) is 6.67. The van der Waals surface area contributed by atoms with Gasteiger partial charge in [0.1, 0.15) is 0 Å². The third kappa shape index (κ3) is 6.32. The van der Waals surface area contributed by atoms with Gasteiger partial charge in [-0.15, -0.1) is 0 Å². The Hall–Kier alpha value is -2.86. The fourth-order valence-corrected chi connectivity index (χ4v) is 3.73. The van der Waals surface area contributed by atoms with Crippen molar-refractivity contribution in [3.8, 4) is 6.07 Å². The molecule has 0 aliphatic carbocycles. The zero-order valence-corrected chi connectivity index (χ0v) is 18.4. The summed E-state index contributed by atoms with van der Waals surface area (Å²) in [4.78, 5) is 13.0. The molecule has 0 aliphatic rings. The van der Waals surface area contributed by atoms with Crippen LogP contribution in [0.15, 0.2) is 66.2 Å². The van der Waals surface area contributed by atoms with Gasteiger partial charge in [-0.05, 0) is 41.0 Å². The molecule has 2 atom stereocenters. The molecule has 0 saturated heterocycles. The number of esters is 1. The fraction of sp³-hybridized carbons (Fsp3) is 0.407. The van der Waals surface area contributed by atoms with Crippen LogP contribution in [0.2, 0.25) is 0 Å². The van der Waals surface area contributed by atoms with E-state index in [1.165, 1.54) is 0 Å². The van der Waals surface area contributed by atoms with E-state index >= 15 is 0 Å². The molecule has 3 nitrogen and oxygen atoms in total. The predicted octanol–water partition coefficient (Wildman–Crippen LogP) is 6.80. The second-order valence-corrected chi connectivity index (χ2v) is 7.59. The first-order chi connectivity index (χ1) is 14.7. The Balaban J connectivity index is 2.38. The summed E-state index contributed by atoms with van der Waals surface area (Å²) in [7, 11) is 0. The van der Waals surface area contributed by atoms with Crippen LogP contribution in [0.5, 0.6) is 0 Å². The largest absolute Gasteiger partial charge is 0.464 e. The number of hydrogen-bond acceptors (Lipinski definition) is 3. The van der Waals surface area contributed by atoms with Gasteiger partial charge in [0.15, 0.2) is 5.92 Å². The maximum atomic E-state index is 13.0. The highest BCUT2D eigenvalue weighted by Gasteiger charge is 2.27. The molecule has 2 aromatic rings. The van der Waals surface area contributed by atoms with Crippen LogP contribution in [-0.4, -0.2) is 12.6 Å². The number of ether oxygens (including phenoxy) is 1. The van der Waals surface area contributed by atoms with E-state index in [9.17, 15) is 10.1 Å². The molecule has 2 rings (SSSR count). The van der Waals surface area contributed by atoms with Crippen LogP contribution in [0, 0.1) is 23.2 Å². The lowest BCUT2D eigenvalue weighted by molar-refractivity contribution is -0.147. The van der Waals surface area contributed by atoms with E-state index in [1.807, 2.05) is 67.6 Å². The first-order valence-electron chi connectivity index (χ1n) is 11.1. The van der Waals surface area contributed by atoms with Crippen molar-refractivity contribution in [1.82, 2.24) is 0 Å². The summed E-state index contributed by atoms with van der Waals surface area (Å²) in [6.07, 6.45) is 4.88. The van der Waals surface area contributed by atoms with Gasteiger partial charge in [-0.1, -0.05) is 101 Å². The van der Waals surface area contributed by atoms with Crippen molar-refractivity contribution in [2.45, 2.75) is 52.9 Å². The number of unbranched alkanes of at least 4 members (excludes halogenated alkanes) is 1. The third-order valence-electron chi connectivity index (χ3n) is 5.54. The number of nitrogens with zero attached hydrogens (tertiary/aromatic N) is 1. The lowest BCUT2D eigenvalue weighted by Gasteiger charge is -2.20. The van der Waals surface area contributed by atoms with Crippen molar-refractivity contribution in [3.63, 3.8) is 0 Å². The molecule has 0 spiro atoms. The summed E-state index contributed by atoms with van der Waals surface area (Å²) in [5, 5.41) is 9.92. The minimum absolute atomic E-state index is 0.352. The van der Waals surface area contributed by atoms with Crippen LogP contribution in [0.25, 0.3) is 5.57 Å². The highest BCUT2D eigenvalue weighted by atomic mass is 16.5. The molecule has 2 unspecified atom stereocenters. The van der Waals surface area contributed by atoms with Gasteiger partial charge in [0, 0.05) is 0 Å². The van der Waals surface area contributed by atoms with Crippen molar-refractivity contribution in [3.05, 3.63) is 77.4 Å². The van der Waals surface area contributed by atoms with Crippen LogP contribution in [-0.2, 0) is 9.53 Å². The topological polar surface area (TPSA) is 50.1 Å². The maximum Gasteiger partial charge on any atom is 0.327 e. The number of benzene rings is 2. The Kier molecular flexibility index (Phi) is 9.87. The van der Waals surface area contributed by atoms with Crippen molar-refractivity contribution in [2.24, 2.45) is 11.8 Å². The summed E-state index contributed by atoms with van der Waals surface area (Å²) < 4.78 is 5.65. The lowest BCUT2D eigenvalue weighted by atomic mass is 9.85. The van der Waals surface area contributed by atoms with Gasteiger partial charge in [-0.3, -0.25) is 4.79 Å². The molecule has 0 heterocycles. The molecule has 158 valence electrons. The van der Waals surface area contributed by atoms with E-state index in [0.29, 0.717) is 18.9 Å². The van der Waals surface area contributed by atoms with Crippen LogP contribution < -0.4 is 0 Å². The number of rotatable bonds is 11. The van der Waals surface area contributed by atoms with E-state index in [0.717, 1.165) is 48.0 Å². The summed E-state index contributed by atoms with van der Waals surface area (Å²) in [6, 6.07) is 22.2. The normalized spacial score (nSPS) is 12.5. The first-order valence-corrected chi connectivity index (χ1v) is 11.1. The van der Waals surface area contributed by atoms with E-state index in [1.54, 1.807) is 0 Å². The van der Waals surface area contributed by atoms with Gasteiger partial charge in [0.25, 0.3) is 0 Å². The lowest BCUT2D eigenvalue weighted by Crippen LogP contribution is -2.22. The molecule has 0 aromatic heterocycles. The molecule has 3 heteroatoms. The van der Waals surface area contributed by atoms with Gasteiger partial charge in [-0.2, -0.15) is 5.26 Å². The number of nitriles is 1. The number of hydrogen-bond donors (Lipinski definition) is 0. The molecule has 0 N–H and O–H groups in total. The fourth-order valence-electron chi connectivity index (χ4n) is 3.73. The summed E-state index contributed by atoms with van der Waals surface area (Å²) >= 11 is 0. The quantitative estimate of drug-likeness (QED) is 0.388. The zero-order valence-electron chi connectivity index (χ0n) is 18.4. The highest BCUT2D eigenvalue weighted by molar-refractivity contribution is 5.89. The molecule has 0 radical (unpaired) electrons. The zero-order chi connectivity index (χ0) is 21.8. The number of carbonyl (C=O) groups excluding carboxylic acids is 1. The highest BCUT2D eigenvalue weighted by Crippen LogP contribution is 2.33. The van der Waals surface area contributed by atoms with Gasteiger partial charge in [0.05, 0.1) is 12.7 Å². The molecular weight excluding hydrogens is 370 g/mol. The van der Waals surface area contributed by atoms with Crippen molar-refractivity contribution < 1.29 is 9.53 Å². The monoisotopic (exact) mass is 403 g/mol. The molecule has 0 aliphatic heterocycles. The minimum atomic E-state index is -0.908. The van der Waals surface area contributed by atoms with Crippen molar-refractivity contribution in [1.29, 1.82) is 5.26 Å². The Morgan fingerprint density at radius 3 is 1.97 bits per heavy atom. The van der Waals surface area contributed by atoms with E-state index in [2.05, 4.69) is 19.9 Å². The van der Waals surface area contributed by atoms with Crippen LogP contribution in [0.1, 0.15) is 64.0 Å². The smallest absolute Gasteiger partial charge is 0.327 e. The van der Waals surface area contributed by atoms with E-state index in [4.69, 9.17) is 4.74 Å². The molecule has 0 amide bonds. The maximum absolute atomic E-state index is 13.0. The molecule has 2 aromatic carbocycles. The number of carbonyl (C=O) groups is 1. The van der Waals surface area contributed by atoms with Crippen molar-refractivity contribution in [2.75, 3.05) is 6.61 Å². The van der Waals surface area contributed by atoms with Crippen molar-refractivity contribution >= 4 is 11.5 Å². The average molecular weight is 404 g/mol. The standard InChI is InChI=1S/C27H33NO2/c1-4-7-14-21(5-2)20-30-27(29)25(19-28)24(6-3)26(22-15-10-8-11-16-22)23-17-12-9-13-18-23/h8-13,15-18,21,25H,4-7,14,20H2,1-3H3. The average Bonchev–Trinajstić information content (AvgIpc) is 2.80. The van der Waals surface area contributed by atoms with Gasteiger partial charge >= 0.3 is 5.97 Å². The Morgan fingerprint density at radius 1 is 0.967 bits per heavy atom. The SMILES string of the molecule is CCCCC(CC)COC(=O)C(C#N)C(CC)=C(c1ccccc1)c1ccccc1. The van der Waals surface area contributed by atoms with Gasteiger partial charge in [-0.25, -0.2) is 0 Å². The van der Waals surface area contributed by atoms with Crippen LogP contribution >= 0.6 is 0 Å².